The summed E-state index contributed by atoms with van der Waals surface area (Å²) >= 11 is 1.69. The molecular weight excluding hydrogens is 388 g/mol. The van der Waals surface area contributed by atoms with E-state index in [0.717, 1.165) is 17.9 Å². The molecule has 1 heterocycles. The summed E-state index contributed by atoms with van der Waals surface area (Å²) in [5.41, 5.74) is 1.22. The molecule has 1 saturated heterocycles. The van der Waals surface area contributed by atoms with Crippen molar-refractivity contribution in [1.29, 1.82) is 0 Å². The molecule has 1 aliphatic rings. The standard InChI is InChI=1S/C22H26N2O4S/c25-21(23-12-14-27-15-16-28-19-9-5-2-6-10-19)22(26)24-13-11-20(24)29-17-18-7-3-1-4-8-18/h1-10,20H,11-17H2,(H,23,25). The number of carbonyl (C=O) groups excluding carboxylic acids is 2. The highest BCUT2D eigenvalue weighted by Crippen LogP contribution is 2.30. The molecule has 1 unspecified atom stereocenters. The minimum Gasteiger partial charge on any atom is -0.491 e. The van der Waals surface area contributed by atoms with Crippen molar-refractivity contribution in [3.8, 4) is 5.75 Å². The van der Waals surface area contributed by atoms with Gasteiger partial charge in [-0.1, -0.05) is 48.5 Å². The number of rotatable bonds is 10. The fourth-order valence-corrected chi connectivity index (χ4v) is 4.05. The van der Waals surface area contributed by atoms with Crippen LogP contribution in [0.2, 0.25) is 0 Å². The number of thioether (sulfide) groups is 1. The van der Waals surface area contributed by atoms with Crippen molar-refractivity contribution in [2.24, 2.45) is 0 Å². The van der Waals surface area contributed by atoms with Gasteiger partial charge >= 0.3 is 11.8 Å². The molecule has 2 aromatic carbocycles. The third-order valence-electron chi connectivity index (χ3n) is 4.48. The number of hydrogen-bond acceptors (Lipinski definition) is 5. The van der Waals surface area contributed by atoms with Crippen LogP contribution < -0.4 is 10.1 Å². The molecule has 0 aliphatic carbocycles. The zero-order chi connectivity index (χ0) is 20.3. The largest absolute Gasteiger partial charge is 0.491 e. The molecule has 1 N–H and O–H groups in total. The summed E-state index contributed by atoms with van der Waals surface area (Å²) in [6.07, 6.45) is 0.918. The predicted octanol–water partition coefficient (Wildman–Crippen LogP) is 2.69. The van der Waals surface area contributed by atoms with Crippen LogP contribution >= 0.6 is 11.8 Å². The first-order valence-electron chi connectivity index (χ1n) is 9.74. The Labute approximate surface area is 175 Å². The maximum absolute atomic E-state index is 12.3. The van der Waals surface area contributed by atoms with Crippen LogP contribution in [0.4, 0.5) is 0 Å². The van der Waals surface area contributed by atoms with E-state index < -0.39 is 11.8 Å². The molecule has 29 heavy (non-hydrogen) atoms. The van der Waals surface area contributed by atoms with E-state index in [0.29, 0.717) is 32.9 Å². The molecule has 6 nitrogen and oxygen atoms in total. The van der Waals surface area contributed by atoms with Crippen molar-refractivity contribution in [3.05, 3.63) is 66.2 Å². The lowest BCUT2D eigenvalue weighted by molar-refractivity contribution is -0.149. The molecule has 0 aromatic heterocycles. The summed E-state index contributed by atoms with van der Waals surface area (Å²) in [7, 11) is 0. The maximum atomic E-state index is 12.3. The Kier molecular flexibility index (Phi) is 8.40. The van der Waals surface area contributed by atoms with Crippen LogP contribution in [0, 0.1) is 0 Å². The van der Waals surface area contributed by atoms with Crippen molar-refractivity contribution in [2.45, 2.75) is 17.5 Å². The molecule has 0 spiro atoms. The molecule has 0 radical (unpaired) electrons. The van der Waals surface area contributed by atoms with Gasteiger partial charge in [-0.05, 0) is 24.1 Å². The van der Waals surface area contributed by atoms with Crippen molar-refractivity contribution in [1.82, 2.24) is 10.2 Å². The number of hydrogen-bond donors (Lipinski definition) is 1. The number of ether oxygens (including phenoxy) is 2. The van der Waals surface area contributed by atoms with Crippen molar-refractivity contribution < 1.29 is 19.1 Å². The lowest BCUT2D eigenvalue weighted by Crippen LogP contribution is -2.54. The number of benzene rings is 2. The molecule has 1 atom stereocenters. The van der Waals surface area contributed by atoms with Gasteiger partial charge in [0.1, 0.15) is 12.4 Å². The number of para-hydroxylation sites is 1. The maximum Gasteiger partial charge on any atom is 0.312 e. The third-order valence-corrected chi connectivity index (χ3v) is 5.85. The summed E-state index contributed by atoms with van der Waals surface area (Å²) < 4.78 is 10.9. The van der Waals surface area contributed by atoms with E-state index in [-0.39, 0.29) is 5.37 Å². The van der Waals surface area contributed by atoms with Gasteiger partial charge in [-0.3, -0.25) is 9.59 Å². The van der Waals surface area contributed by atoms with E-state index in [9.17, 15) is 9.59 Å². The number of amides is 2. The number of nitrogens with one attached hydrogen (secondary N) is 1. The van der Waals surface area contributed by atoms with E-state index in [1.807, 2.05) is 48.5 Å². The predicted molar refractivity (Wildman–Crippen MR) is 114 cm³/mol. The first-order valence-corrected chi connectivity index (χ1v) is 10.8. The van der Waals surface area contributed by atoms with E-state index in [1.54, 1.807) is 16.7 Å². The second kappa shape index (κ2) is 11.5. The van der Waals surface area contributed by atoms with Gasteiger partial charge in [0.05, 0.1) is 18.6 Å². The second-order valence-electron chi connectivity index (χ2n) is 6.57. The average molecular weight is 415 g/mol. The fourth-order valence-electron chi connectivity index (χ4n) is 2.82. The van der Waals surface area contributed by atoms with E-state index in [4.69, 9.17) is 9.47 Å². The van der Waals surface area contributed by atoms with Crippen LogP contribution in [-0.4, -0.2) is 55.0 Å². The second-order valence-corrected chi connectivity index (χ2v) is 7.73. The third kappa shape index (κ3) is 6.80. The van der Waals surface area contributed by atoms with Crippen LogP contribution in [0.3, 0.4) is 0 Å². The molecule has 0 bridgehead atoms. The quantitative estimate of drug-likeness (QED) is 0.478. The minimum atomic E-state index is -0.570. The van der Waals surface area contributed by atoms with Gasteiger partial charge in [-0.2, -0.15) is 0 Å². The highest BCUT2D eigenvalue weighted by Gasteiger charge is 2.35. The van der Waals surface area contributed by atoms with Gasteiger partial charge in [0.15, 0.2) is 0 Å². The zero-order valence-electron chi connectivity index (χ0n) is 16.3. The first-order chi connectivity index (χ1) is 14.2. The molecule has 2 aromatic rings. The van der Waals surface area contributed by atoms with Crippen molar-refractivity contribution in [2.75, 3.05) is 32.9 Å². The summed E-state index contributed by atoms with van der Waals surface area (Å²) in [5, 5.41) is 2.70. The molecule has 1 fully saturated rings. The molecule has 154 valence electrons. The highest BCUT2D eigenvalue weighted by molar-refractivity contribution is 7.99. The summed E-state index contributed by atoms with van der Waals surface area (Å²) in [5.74, 6) is 0.591. The van der Waals surface area contributed by atoms with Crippen LogP contribution in [0.1, 0.15) is 12.0 Å². The van der Waals surface area contributed by atoms with Crippen LogP contribution in [0.5, 0.6) is 5.75 Å². The lowest BCUT2D eigenvalue weighted by Gasteiger charge is -2.39. The Morgan fingerprint density at radius 3 is 2.41 bits per heavy atom. The molecule has 0 saturated carbocycles. The van der Waals surface area contributed by atoms with Gasteiger partial charge in [-0.25, -0.2) is 0 Å². The lowest BCUT2D eigenvalue weighted by atomic mass is 10.2. The van der Waals surface area contributed by atoms with E-state index in [2.05, 4.69) is 17.4 Å². The van der Waals surface area contributed by atoms with Crippen LogP contribution in [0.15, 0.2) is 60.7 Å². The summed E-state index contributed by atoms with van der Waals surface area (Å²) in [4.78, 5) is 26.0. The highest BCUT2D eigenvalue weighted by atomic mass is 32.2. The van der Waals surface area contributed by atoms with Gasteiger partial charge in [0, 0.05) is 18.8 Å². The number of likely N-dealkylation sites (tertiary alicyclic amines) is 1. The monoisotopic (exact) mass is 414 g/mol. The normalized spacial score (nSPS) is 15.4. The van der Waals surface area contributed by atoms with E-state index in [1.165, 1.54) is 5.56 Å². The Morgan fingerprint density at radius 2 is 1.72 bits per heavy atom. The molecule has 3 rings (SSSR count). The minimum absolute atomic E-state index is 0.0693. The Bertz CT molecular complexity index is 773. The van der Waals surface area contributed by atoms with Gasteiger partial charge in [0.2, 0.25) is 0 Å². The number of carbonyl (C=O) groups is 2. The van der Waals surface area contributed by atoms with Gasteiger partial charge in [0.25, 0.3) is 0 Å². The Balaban J connectivity index is 1.26. The molecule has 2 amide bonds. The molecule has 1 aliphatic heterocycles. The summed E-state index contributed by atoms with van der Waals surface area (Å²) in [6.45, 7) is 2.12. The topological polar surface area (TPSA) is 67.9 Å². The first kappa shape index (κ1) is 21.2. The van der Waals surface area contributed by atoms with Gasteiger partial charge in [-0.15, -0.1) is 11.8 Å². The molecular formula is C22H26N2O4S. The summed E-state index contributed by atoms with van der Waals surface area (Å²) in [6, 6.07) is 19.6. The SMILES string of the molecule is O=C(NCCOCCOc1ccccc1)C(=O)N1CCC1SCc1ccccc1. The average Bonchev–Trinajstić information content (AvgIpc) is 2.73. The van der Waals surface area contributed by atoms with Crippen LogP contribution in [0.25, 0.3) is 0 Å². The number of nitrogens with zero attached hydrogens (tertiary/aromatic N) is 1. The fraction of sp³-hybridized carbons (Fsp3) is 0.364. The Morgan fingerprint density at radius 1 is 1.00 bits per heavy atom. The molecule has 7 heteroatoms. The van der Waals surface area contributed by atoms with Crippen molar-refractivity contribution >= 4 is 23.6 Å². The Hall–Kier alpha value is -2.51. The smallest absolute Gasteiger partial charge is 0.312 e. The van der Waals surface area contributed by atoms with Gasteiger partial charge < -0.3 is 19.7 Å². The van der Waals surface area contributed by atoms with E-state index >= 15 is 0 Å². The van der Waals surface area contributed by atoms with Crippen molar-refractivity contribution in [3.63, 3.8) is 0 Å². The van der Waals surface area contributed by atoms with Crippen LogP contribution in [-0.2, 0) is 20.1 Å². The zero-order valence-corrected chi connectivity index (χ0v) is 17.1.